The molecule has 0 radical (unpaired) electrons. The zero-order valence-electron chi connectivity index (χ0n) is 64.2. The van der Waals surface area contributed by atoms with Gasteiger partial charge in [0.2, 0.25) is 0 Å². The van der Waals surface area contributed by atoms with Crippen molar-refractivity contribution in [1.82, 2.24) is 0 Å². The zero-order valence-corrected chi connectivity index (χ0v) is 75.1. The van der Waals surface area contributed by atoms with Crippen molar-refractivity contribution in [2.75, 3.05) is 47.0 Å². The molecule has 0 aliphatic rings. The maximum absolute atomic E-state index is 10.8. The number of methoxy groups -OCH3 is 5. The predicted octanol–water partition coefficient (Wildman–Crippen LogP) is 18.9. The maximum Gasteiger partial charge on any atom is 1.00 e. The van der Waals surface area contributed by atoms with Crippen LogP contribution in [0.2, 0.25) is 25.1 Å². The van der Waals surface area contributed by atoms with Crippen LogP contribution in [0.1, 0.15) is 22.3 Å². The van der Waals surface area contributed by atoms with Crippen LogP contribution in [0, 0.1) is 59.1 Å². The van der Waals surface area contributed by atoms with Gasteiger partial charge < -0.3 is 50.3 Å². The molecule has 0 aliphatic heterocycles. The SMILES string of the molecule is COc1ccc(Cc2ccc(N)cc2)cc1-c1cccc(Cl)c1.COc1ccc(Cc2ccc([N+](=O)[O-])cc2)cc1-c1cccc(Cl)c1.COc1ccc(N)cc1-c1cccc(Cl)c1.COc1ccc([N+](=O)[O-])cc1-c1cccc(Cl)c1.COc1ccc([N+](=O)[O-])cc1I.Cl.N#C[O-].O=[N+]([O-])c1ccc(I)cc1.OB(O)c1cccc(Cl)c1.[Na+]. The molecule has 0 saturated heterocycles. The molecule has 0 spiro atoms. The second kappa shape index (κ2) is 52.5. The van der Waals surface area contributed by atoms with Crippen molar-refractivity contribution < 1.29 is 88.1 Å². The molecule has 0 fully saturated rings. The molecule has 13 aromatic rings. The first-order chi connectivity index (χ1) is 56.0. The molecule has 0 amide bonds. The van der Waals surface area contributed by atoms with E-state index in [0.717, 1.165) is 86.6 Å². The van der Waals surface area contributed by atoms with E-state index in [1.165, 1.54) is 79.9 Å². The average molecular weight is 1960 g/mol. The van der Waals surface area contributed by atoms with Gasteiger partial charge in [0.1, 0.15) is 28.7 Å². The standard InChI is InChI=1S/C20H16ClNO3.C20H18ClNO.C13H10ClNO3.C13H12ClNO.C7H6INO3.C6H6BClO2.C6H4INO2.CHNO.ClH.Na/c1-25-20-10-7-15(11-14-5-8-18(9-6-14)22(23)24)12-19(20)16-3-2-4-17(21)13-16;1-23-20-10-7-15(11-14-5-8-18(22)9-6-14)12-19(20)16-3-2-4-17(21)13-16;1-18-13-6-5-11(15(16)17)8-12(13)9-3-2-4-10(14)7-9;1-16-13-6-5-11(15)8-12(13)9-3-2-4-10(14)7-9;1-12-7-3-2-5(9(10)11)4-6(7)8;8-6-3-1-2-5(4-6)7(9)10;7-5-1-3-6(4-2-5)8(9)10;2-1-3;;/h2-10,12-13H,11H2,1H3;2-10,12-13H,11,22H2,1H3;2-8H,1H3;2-8H,15H2,1H3;2-4H,1H3;1-4,9-10H;1-4H;3H;1H;/q;;;;;;;;;+1/p-1. The Bertz CT molecular complexity index is 5540. The number of hydrogen-bond acceptors (Lipinski definition) is 19. The summed E-state index contributed by atoms with van der Waals surface area (Å²) in [6, 6.07) is 84.2. The summed E-state index contributed by atoms with van der Waals surface area (Å²) in [5.74, 6) is 3.63. The summed E-state index contributed by atoms with van der Waals surface area (Å²) >= 11 is 33.8. The summed E-state index contributed by atoms with van der Waals surface area (Å²) in [5, 5.41) is 77.4. The topological polar surface area (TPSA) is 358 Å². The van der Waals surface area contributed by atoms with Crippen LogP contribution in [0.4, 0.5) is 34.1 Å². The van der Waals surface area contributed by atoms with E-state index in [4.69, 9.17) is 114 Å². The van der Waals surface area contributed by atoms with Gasteiger partial charge >= 0.3 is 36.7 Å². The number of nitrogen functional groups attached to an aromatic ring is 2. The summed E-state index contributed by atoms with van der Waals surface area (Å²) < 4.78 is 28.2. The quantitative estimate of drug-likeness (QED) is 0.0155. The molecular weight excluding hydrogens is 1890 g/mol. The third-order valence-electron chi connectivity index (χ3n) is 16.2. The molecule has 0 bridgehead atoms. The Kier molecular flexibility index (Phi) is 44.5. The van der Waals surface area contributed by atoms with Crippen LogP contribution < -0.4 is 75.3 Å². The molecule has 23 nitrogen and oxygen atoms in total. The first-order valence-corrected chi connectivity index (χ1v) is 38.3. The number of benzene rings is 13. The number of nitriles is 1. The predicted molar refractivity (Wildman–Crippen MR) is 487 cm³/mol. The number of ether oxygens (including phenoxy) is 5. The van der Waals surface area contributed by atoms with Crippen molar-refractivity contribution in [2.24, 2.45) is 0 Å². The molecule has 6 N–H and O–H groups in total. The van der Waals surface area contributed by atoms with E-state index in [-0.39, 0.29) is 64.7 Å². The van der Waals surface area contributed by atoms with Gasteiger partial charge in [0, 0.05) is 117 Å². The normalized spacial score (nSPS) is 9.72. The fraction of sp³-hybridized carbons (Fsp3) is 0.0814. The second-order valence-corrected chi connectivity index (χ2v) is 28.7. The summed E-state index contributed by atoms with van der Waals surface area (Å²) in [7, 11) is 6.58. The smallest absolute Gasteiger partial charge is 0.812 e. The largest absolute Gasteiger partial charge is 1.00 e. The number of nitrogens with two attached hydrogens (primary N) is 2. The van der Waals surface area contributed by atoms with Gasteiger partial charge in [0.25, 0.3) is 22.7 Å². The Hall–Kier alpha value is -10.5. The molecule has 0 unspecified atom stereocenters. The molecule has 0 aromatic heterocycles. The molecule has 33 heteroatoms. The van der Waals surface area contributed by atoms with Crippen LogP contribution in [0.25, 0.3) is 44.5 Å². The van der Waals surface area contributed by atoms with Crippen molar-refractivity contribution in [3.8, 4) is 79.5 Å². The van der Waals surface area contributed by atoms with Crippen molar-refractivity contribution in [2.45, 2.75) is 12.8 Å². The van der Waals surface area contributed by atoms with Crippen LogP contribution in [0.15, 0.2) is 285 Å². The number of rotatable bonds is 18. The fourth-order valence-electron chi connectivity index (χ4n) is 10.6. The monoisotopic (exact) mass is 1960 g/mol. The number of nitro groups is 4. The van der Waals surface area contributed by atoms with E-state index in [2.05, 4.69) is 52.9 Å². The van der Waals surface area contributed by atoms with E-state index in [1.807, 2.05) is 150 Å². The molecule has 0 heterocycles. The Morgan fingerprint density at radius 2 is 0.647 bits per heavy atom. The Morgan fingerprint density at radius 3 is 0.975 bits per heavy atom. The van der Waals surface area contributed by atoms with Gasteiger partial charge in [-0.1, -0.05) is 155 Å². The summed E-state index contributed by atoms with van der Waals surface area (Å²) in [6.07, 6.45) is 2.02. The maximum atomic E-state index is 10.8. The molecular formula is C86H73BCl6I2N7NaO16. The molecule has 0 atom stereocenters. The van der Waals surface area contributed by atoms with Gasteiger partial charge in [-0.25, -0.2) is 5.26 Å². The third kappa shape index (κ3) is 33.7. The second-order valence-electron chi connectivity index (χ2n) is 24.1. The number of hydrogen-bond donors (Lipinski definition) is 4. The Labute approximate surface area is 767 Å². The van der Waals surface area contributed by atoms with Crippen LogP contribution >= 0.6 is 116 Å². The van der Waals surface area contributed by atoms with E-state index in [1.54, 1.807) is 94.1 Å². The number of non-ortho nitro benzene ring substituents is 4. The summed E-state index contributed by atoms with van der Waals surface area (Å²) in [4.78, 5) is 40.3. The Balaban J connectivity index is 0.000000296. The van der Waals surface area contributed by atoms with Crippen molar-refractivity contribution in [3.63, 3.8) is 0 Å². The molecule has 13 rings (SSSR count). The molecule has 13 aromatic carbocycles. The number of halogens is 8. The van der Waals surface area contributed by atoms with Gasteiger partial charge in [0.15, 0.2) is 0 Å². The molecule has 608 valence electrons. The van der Waals surface area contributed by atoms with Crippen molar-refractivity contribution in [1.29, 1.82) is 5.26 Å². The molecule has 0 aliphatic carbocycles. The molecule has 0 saturated carbocycles. The number of anilines is 2. The molecule has 119 heavy (non-hydrogen) atoms. The summed E-state index contributed by atoms with van der Waals surface area (Å²) in [5.41, 5.74) is 25.7. The van der Waals surface area contributed by atoms with E-state index >= 15 is 0 Å². The zero-order chi connectivity index (χ0) is 85.7. The van der Waals surface area contributed by atoms with Crippen LogP contribution in [-0.2, 0) is 12.8 Å². The van der Waals surface area contributed by atoms with Gasteiger partial charge in [-0.2, -0.15) is 0 Å². The first-order valence-electron chi connectivity index (χ1n) is 34.2. The van der Waals surface area contributed by atoms with Crippen LogP contribution in [-0.4, -0.2) is 72.4 Å². The van der Waals surface area contributed by atoms with Crippen LogP contribution in [0.3, 0.4) is 0 Å². The first kappa shape index (κ1) is 101. The van der Waals surface area contributed by atoms with E-state index in [9.17, 15) is 40.5 Å². The van der Waals surface area contributed by atoms with Crippen LogP contribution in [0.5, 0.6) is 28.7 Å². The third-order valence-corrected chi connectivity index (χ3v) is 18.9. The minimum Gasteiger partial charge on any atom is -0.812 e. The number of nitro benzene ring substituents is 4. The minimum absolute atomic E-state index is 0. The minimum atomic E-state index is -1.43. The fourth-order valence-corrected chi connectivity index (χ4v) is 12.7. The van der Waals surface area contributed by atoms with E-state index < -0.39 is 26.8 Å². The van der Waals surface area contributed by atoms with Gasteiger partial charge in [0.05, 0.1) is 58.8 Å². The Morgan fingerprint density at radius 1 is 0.370 bits per heavy atom. The van der Waals surface area contributed by atoms with Gasteiger partial charge in [-0.05, 0) is 248 Å². The van der Waals surface area contributed by atoms with Crippen molar-refractivity contribution in [3.05, 3.63) is 380 Å². The van der Waals surface area contributed by atoms with Gasteiger partial charge in [-0.3, -0.25) is 40.5 Å². The van der Waals surface area contributed by atoms with Gasteiger partial charge in [-0.15, -0.1) is 12.4 Å². The van der Waals surface area contributed by atoms with Crippen molar-refractivity contribution >= 4 is 162 Å². The van der Waals surface area contributed by atoms with E-state index in [0.29, 0.717) is 66.0 Å². The summed E-state index contributed by atoms with van der Waals surface area (Å²) in [6.45, 7) is 0. The number of nitrogens with zero attached hydrogens (tertiary/aromatic N) is 5. The average Bonchev–Trinajstić information content (AvgIpc) is 0.830.